The zero-order chi connectivity index (χ0) is 20.8. The topological polar surface area (TPSA) is 84.7 Å². The number of hydrogen-bond acceptors (Lipinski definition) is 4. The van der Waals surface area contributed by atoms with Gasteiger partial charge < -0.3 is 15.4 Å². The van der Waals surface area contributed by atoms with Gasteiger partial charge in [0.1, 0.15) is 0 Å². The molecule has 1 aromatic carbocycles. The van der Waals surface area contributed by atoms with Crippen molar-refractivity contribution in [3.05, 3.63) is 65.2 Å². The third-order valence-corrected chi connectivity index (χ3v) is 4.80. The van der Waals surface area contributed by atoms with Gasteiger partial charge in [-0.3, -0.25) is 14.0 Å². The highest BCUT2D eigenvalue weighted by Crippen LogP contribution is 2.24. The van der Waals surface area contributed by atoms with Crippen LogP contribution < -0.4 is 10.6 Å². The predicted octanol–water partition coefficient (Wildman–Crippen LogP) is 3.09. The molecule has 2 heterocycles. The summed E-state index contributed by atoms with van der Waals surface area (Å²) < 4.78 is 6.59. The predicted molar refractivity (Wildman–Crippen MR) is 113 cm³/mol. The van der Waals surface area contributed by atoms with Gasteiger partial charge >= 0.3 is 0 Å². The molecular formula is C22H26N4O3. The third kappa shape index (κ3) is 4.30. The highest BCUT2D eigenvalue weighted by molar-refractivity contribution is 6.09. The van der Waals surface area contributed by atoms with E-state index in [0.29, 0.717) is 18.7 Å². The van der Waals surface area contributed by atoms with Crippen LogP contribution in [-0.2, 0) is 17.6 Å². The number of aryl methyl sites for hydroxylation is 2. The fraction of sp³-hybridized carbons (Fsp3) is 0.318. The lowest BCUT2D eigenvalue weighted by Gasteiger charge is -2.13. The number of carbonyl (C=O) groups is 2. The highest BCUT2D eigenvalue weighted by atomic mass is 16.5. The summed E-state index contributed by atoms with van der Waals surface area (Å²) in [6.07, 6.45) is 3.34. The summed E-state index contributed by atoms with van der Waals surface area (Å²) >= 11 is 0. The van der Waals surface area contributed by atoms with Crippen LogP contribution in [0.4, 0.5) is 5.69 Å². The van der Waals surface area contributed by atoms with Crippen molar-refractivity contribution in [2.24, 2.45) is 0 Å². The van der Waals surface area contributed by atoms with Crippen LogP contribution in [0, 0.1) is 0 Å². The van der Waals surface area contributed by atoms with Gasteiger partial charge in [-0.25, -0.2) is 4.98 Å². The monoisotopic (exact) mass is 394 g/mol. The molecule has 152 valence electrons. The molecule has 0 saturated carbocycles. The molecule has 2 N–H and O–H groups in total. The van der Waals surface area contributed by atoms with Crippen LogP contribution in [0.5, 0.6) is 0 Å². The lowest BCUT2D eigenvalue weighted by molar-refractivity contribution is 0.0926. The molecule has 0 aliphatic heterocycles. The number of pyridine rings is 1. The zero-order valence-corrected chi connectivity index (χ0v) is 17.0. The second-order valence-electron chi connectivity index (χ2n) is 6.60. The molecule has 29 heavy (non-hydrogen) atoms. The van der Waals surface area contributed by atoms with Crippen LogP contribution in [0.3, 0.4) is 0 Å². The van der Waals surface area contributed by atoms with E-state index in [0.717, 1.165) is 29.7 Å². The second kappa shape index (κ2) is 9.34. The van der Waals surface area contributed by atoms with Crippen molar-refractivity contribution in [1.29, 1.82) is 0 Å². The number of benzene rings is 1. The Morgan fingerprint density at radius 2 is 1.76 bits per heavy atom. The minimum atomic E-state index is -0.356. The largest absolute Gasteiger partial charge is 0.383 e. The lowest BCUT2D eigenvalue weighted by Crippen LogP contribution is -2.28. The van der Waals surface area contributed by atoms with Crippen molar-refractivity contribution in [3.63, 3.8) is 0 Å². The average Bonchev–Trinajstić information content (AvgIpc) is 3.14. The molecule has 0 saturated heterocycles. The van der Waals surface area contributed by atoms with E-state index >= 15 is 0 Å². The Balaban J connectivity index is 1.96. The minimum Gasteiger partial charge on any atom is -0.383 e. The number of ether oxygens (including phenoxy) is 1. The summed E-state index contributed by atoms with van der Waals surface area (Å²) in [7, 11) is 1.57. The van der Waals surface area contributed by atoms with Gasteiger partial charge in [0.2, 0.25) is 5.82 Å². The maximum absolute atomic E-state index is 13.1. The SMILES string of the molecule is CCc1cccc(CC)c1NC(=O)c1nc(C(=O)NCCOC)n2ccccc12. The number of nitrogens with one attached hydrogen (secondary N) is 2. The Morgan fingerprint density at radius 3 is 2.41 bits per heavy atom. The van der Waals surface area contributed by atoms with E-state index in [1.165, 1.54) is 0 Å². The summed E-state index contributed by atoms with van der Waals surface area (Å²) in [5.74, 6) is -0.521. The first-order valence-corrected chi connectivity index (χ1v) is 9.77. The number of hydrogen-bond donors (Lipinski definition) is 2. The van der Waals surface area contributed by atoms with Gasteiger partial charge in [0.05, 0.1) is 12.1 Å². The molecule has 2 aromatic heterocycles. The number of amides is 2. The van der Waals surface area contributed by atoms with Crippen molar-refractivity contribution < 1.29 is 14.3 Å². The standard InChI is InChI=1S/C22H26N4O3/c1-4-15-9-8-10-16(5-2)18(15)25-21(27)19-17-11-6-7-13-26(17)20(24-19)22(28)23-12-14-29-3/h6-11,13H,4-5,12,14H2,1-3H3,(H,23,28)(H,25,27). The summed E-state index contributed by atoms with van der Waals surface area (Å²) in [6.45, 7) is 4.87. The van der Waals surface area contributed by atoms with Gasteiger partial charge in [-0.15, -0.1) is 0 Å². The van der Waals surface area contributed by atoms with Crippen molar-refractivity contribution in [1.82, 2.24) is 14.7 Å². The van der Waals surface area contributed by atoms with Crippen molar-refractivity contribution in [2.75, 3.05) is 25.6 Å². The van der Waals surface area contributed by atoms with E-state index < -0.39 is 0 Å². The Bertz CT molecular complexity index is 1000. The molecule has 0 unspecified atom stereocenters. The van der Waals surface area contributed by atoms with Crippen molar-refractivity contribution >= 4 is 23.0 Å². The molecule has 7 heteroatoms. The Labute approximate surface area is 170 Å². The maximum atomic E-state index is 13.1. The molecule has 3 rings (SSSR count). The number of para-hydroxylation sites is 1. The van der Waals surface area contributed by atoms with Crippen molar-refractivity contribution in [2.45, 2.75) is 26.7 Å². The maximum Gasteiger partial charge on any atom is 0.287 e. The number of fused-ring (bicyclic) bond motifs is 1. The molecular weight excluding hydrogens is 368 g/mol. The van der Waals surface area contributed by atoms with E-state index in [9.17, 15) is 9.59 Å². The van der Waals surface area contributed by atoms with Crippen LogP contribution in [0.2, 0.25) is 0 Å². The van der Waals surface area contributed by atoms with Gasteiger partial charge in [-0.1, -0.05) is 38.1 Å². The van der Waals surface area contributed by atoms with Crippen LogP contribution in [-0.4, -0.2) is 41.5 Å². The van der Waals surface area contributed by atoms with E-state index in [1.54, 1.807) is 29.8 Å². The number of methoxy groups -OCH3 is 1. The summed E-state index contributed by atoms with van der Waals surface area (Å²) in [4.78, 5) is 30.0. The Morgan fingerprint density at radius 1 is 1.03 bits per heavy atom. The first-order valence-electron chi connectivity index (χ1n) is 9.77. The zero-order valence-electron chi connectivity index (χ0n) is 17.0. The summed E-state index contributed by atoms with van der Waals surface area (Å²) in [5, 5.41) is 5.78. The minimum absolute atomic E-state index is 0.168. The van der Waals surface area contributed by atoms with Crippen LogP contribution in [0.15, 0.2) is 42.6 Å². The Kier molecular flexibility index (Phi) is 6.61. The summed E-state index contributed by atoms with van der Waals surface area (Å²) in [5.41, 5.74) is 3.76. The van der Waals surface area contributed by atoms with Gasteiger partial charge in [0.25, 0.3) is 11.8 Å². The lowest BCUT2D eigenvalue weighted by atomic mass is 10.0. The van der Waals surface area contributed by atoms with Gasteiger partial charge in [0.15, 0.2) is 5.69 Å². The molecule has 0 atom stereocenters. The van der Waals surface area contributed by atoms with E-state index in [1.807, 2.05) is 24.3 Å². The molecule has 0 radical (unpaired) electrons. The fourth-order valence-corrected chi connectivity index (χ4v) is 3.29. The molecule has 2 amide bonds. The normalized spacial score (nSPS) is 10.9. The van der Waals surface area contributed by atoms with Crippen molar-refractivity contribution in [3.8, 4) is 0 Å². The van der Waals surface area contributed by atoms with Gasteiger partial charge in [0, 0.05) is 25.5 Å². The Hall–Kier alpha value is -3.19. The summed E-state index contributed by atoms with van der Waals surface area (Å²) in [6, 6.07) is 11.4. The molecule has 0 bridgehead atoms. The molecule has 0 spiro atoms. The fourth-order valence-electron chi connectivity index (χ4n) is 3.29. The number of rotatable bonds is 8. The second-order valence-corrected chi connectivity index (χ2v) is 6.60. The quantitative estimate of drug-likeness (QED) is 0.575. The van der Waals surface area contributed by atoms with Crippen LogP contribution in [0.1, 0.15) is 46.1 Å². The third-order valence-electron chi connectivity index (χ3n) is 4.80. The molecule has 0 aliphatic carbocycles. The number of aromatic nitrogens is 2. The van der Waals surface area contributed by atoms with Crippen LogP contribution >= 0.6 is 0 Å². The van der Waals surface area contributed by atoms with E-state index in [2.05, 4.69) is 29.5 Å². The van der Waals surface area contributed by atoms with Gasteiger partial charge in [-0.2, -0.15) is 0 Å². The first kappa shape index (κ1) is 20.5. The molecule has 0 aliphatic rings. The molecule has 0 fully saturated rings. The highest BCUT2D eigenvalue weighted by Gasteiger charge is 2.22. The van der Waals surface area contributed by atoms with Crippen LogP contribution in [0.25, 0.3) is 5.52 Å². The number of imidazole rings is 1. The van der Waals surface area contributed by atoms with Gasteiger partial charge in [-0.05, 0) is 36.1 Å². The number of anilines is 1. The number of carbonyl (C=O) groups excluding carboxylic acids is 2. The molecule has 3 aromatic rings. The first-order chi connectivity index (χ1) is 14.1. The number of nitrogens with zero attached hydrogens (tertiary/aromatic N) is 2. The van der Waals surface area contributed by atoms with E-state index in [4.69, 9.17) is 4.74 Å². The molecule has 7 nitrogen and oxygen atoms in total. The smallest absolute Gasteiger partial charge is 0.287 e. The van der Waals surface area contributed by atoms with E-state index in [-0.39, 0.29) is 23.3 Å². The average molecular weight is 394 g/mol.